The number of benzene rings is 1. The minimum absolute atomic E-state index is 0.134. The van der Waals surface area contributed by atoms with Gasteiger partial charge in [0.05, 0.1) is 23.4 Å². The summed E-state index contributed by atoms with van der Waals surface area (Å²) >= 11 is 6.06. The molecular formula is C16H17ClN4O3. The highest BCUT2D eigenvalue weighted by Crippen LogP contribution is 2.24. The maximum Gasteiger partial charge on any atom is 0.337 e. The Labute approximate surface area is 144 Å². The van der Waals surface area contributed by atoms with Gasteiger partial charge in [0, 0.05) is 12.2 Å². The third-order valence-corrected chi connectivity index (χ3v) is 3.27. The van der Waals surface area contributed by atoms with Crippen molar-refractivity contribution in [2.24, 2.45) is 0 Å². The molecule has 1 aromatic heterocycles. The molecule has 0 saturated carbocycles. The zero-order chi connectivity index (χ0) is 17.7. The van der Waals surface area contributed by atoms with Crippen LogP contribution in [0.4, 0.5) is 11.6 Å². The summed E-state index contributed by atoms with van der Waals surface area (Å²) < 4.78 is 4.65. The zero-order valence-electron chi connectivity index (χ0n) is 13.5. The molecule has 24 heavy (non-hydrogen) atoms. The number of rotatable bonds is 5. The molecule has 126 valence electrons. The van der Waals surface area contributed by atoms with Gasteiger partial charge in [0.15, 0.2) is 0 Å². The predicted molar refractivity (Wildman–Crippen MR) is 91.5 cm³/mol. The van der Waals surface area contributed by atoms with Crippen LogP contribution in [0, 0.1) is 0 Å². The van der Waals surface area contributed by atoms with Crippen LogP contribution in [0.25, 0.3) is 0 Å². The third-order valence-electron chi connectivity index (χ3n) is 2.94. The zero-order valence-corrected chi connectivity index (χ0v) is 14.2. The lowest BCUT2D eigenvalue weighted by Gasteiger charge is -2.10. The Bertz CT molecular complexity index is 765. The number of amides is 1. The number of halogens is 1. The Balaban J connectivity index is 2.22. The average molecular weight is 349 g/mol. The second-order valence-electron chi connectivity index (χ2n) is 5.20. The molecule has 0 fully saturated rings. The van der Waals surface area contributed by atoms with Crippen LogP contribution in [0.1, 0.15) is 34.7 Å². The summed E-state index contributed by atoms with van der Waals surface area (Å²) in [7, 11) is 1.28. The molecule has 8 heteroatoms. The van der Waals surface area contributed by atoms with E-state index in [2.05, 4.69) is 25.3 Å². The van der Waals surface area contributed by atoms with Crippen molar-refractivity contribution in [1.82, 2.24) is 9.97 Å². The van der Waals surface area contributed by atoms with E-state index in [1.807, 2.05) is 13.8 Å². The van der Waals surface area contributed by atoms with E-state index in [0.717, 1.165) is 0 Å². The van der Waals surface area contributed by atoms with Crippen LogP contribution in [-0.2, 0) is 4.74 Å². The van der Waals surface area contributed by atoms with Crippen LogP contribution in [0.2, 0.25) is 5.02 Å². The van der Waals surface area contributed by atoms with Crippen LogP contribution < -0.4 is 10.6 Å². The Morgan fingerprint density at radius 3 is 2.67 bits per heavy atom. The summed E-state index contributed by atoms with van der Waals surface area (Å²) in [5.41, 5.74) is 0.747. The van der Waals surface area contributed by atoms with E-state index in [0.29, 0.717) is 16.7 Å². The lowest BCUT2D eigenvalue weighted by atomic mass is 10.2. The summed E-state index contributed by atoms with van der Waals surface area (Å²) in [5, 5.41) is 5.94. The SMILES string of the molecule is COC(=O)c1ccc(Cl)c(NC(=O)c2ccnc(NC(C)C)n2)c1. The van der Waals surface area contributed by atoms with Gasteiger partial charge in [-0.1, -0.05) is 11.6 Å². The van der Waals surface area contributed by atoms with E-state index in [9.17, 15) is 9.59 Å². The minimum Gasteiger partial charge on any atom is -0.465 e. The normalized spacial score (nSPS) is 10.4. The van der Waals surface area contributed by atoms with Crippen LogP contribution in [0.15, 0.2) is 30.5 Å². The molecule has 1 heterocycles. The molecule has 0 radical (unpaired) electrons. The Morgan fingerprint density at radius 1 is 1.25 bits per heavy atom. The van der Waals surface area contributed by atoms with E-state index >= 15 is 0 Å². The molecule has 2 aromatic rings. The molecule has 0 saturated heterocycles. The number of nitrogens with one attached hydrogen (secondary N) is 2. The van der Waals surface area contributed by atoms with E-state index in [4.69, 9.17) is 11.6 Å². The van der Waals surface area contributed by atoms with E-state index in [1.54, 1.807) is 0 Å². The highest BCUT2D eigenvalue weighted by Gasteiger charge is 2.14. The van der Waals surface area contributed by atoms with Crippen molar-refractivity contribution in [3.63, 3.8) is 0 Å². The van der Waals surface area contributed by atoms with Gasteiger partial charge in [-0.05, 0) is 38.1 Å². The fourth-order valence-electron chi connectivity index (χ4n) is 1.87. The molecule has 0 aliphatic carbocycles. The van der Waals surface area contributed by atoms with Gasteiger partial charge in [-0.15, -0.1) is 0 Å². The smallest absolute Gasteiger partial charge is 0.337 e. The van der Waals surface area contributed by atoms with Crippen molar-refractivity contribution in [2.75, 3.05) is 17.7 Å². The van der Waals surface area contributed by atoms with Crippen molar-refractivity contribution in [1.29, 1.82) is 0 Å². The number of carbonyl (C=O) groups excluding carboxylic acids is 2. The number of hydrogen-bond acceptors (Lipinski definition) is 6. The lowest BCUT2D eigenvalue weighted by molar-refractivity contribution is 0.0600. The van der Waals surface area contributed by atoms with Gasteiger partial charge in [0.2, 0.25) is 5.95 Å². The van der Waals surface area contributed by atoms with Gasteiger partial charge >= 0.3 is 5.97 Å². The standard InChI is InChI=1S/C16H17ClN4O3/c1-9(2)19-16-18-7-6-12(21-16)14(22)20-13-8-10(15(23)24-3)4-5-11(13)17/h4-9H,1-3H3,(H,20,22)(H,18,19,21). The number of methoxy groups -OCH3 is 1. The average Bonchev–Trinajstić information content (AvgIpc) is 2.55. The quantitative estimate of drug-likeness (QED) is 0.807. The molecule has 0 aliphatic heterocycles. The molecule has 1 aromatic carbocycles. The summed E-state index contributed by atoms with van der Waals surface area (Å²) in [6, 6.07) is 6.09. The topological polar surface area (TPSA) is 93.2 Å². The largest absolute Gasteiger partial charge is 0.465 e. The molecule has 0 unspecified atom stereocenters. The van der Waals surface area contributed by atoms with Gasteiger partial charge in [-0.2, -0.15) is 0 Å². The molecule has 1 amide bonds. The number of carbonyl (C=O) groups is 2. The predicted octanol–water partition coefficient (Wildman–Crippen LogP) is 2.99. The molecule has 7 nitrogen and oxygen atoms in total. The highest BCUT2D eigenvalue weighted by atomic mass is 35.5. The van der Waals surface area contributed by atoms with Gasteiger partial charge in [0.1, 0.15) is 5.69 Å². The lowest BCUT2D eigenvalue weighted by Crippen LogP contribution is -2.18. The molecule has 0 bridgehead atoms. The Hall–Kier alpha value is -2.67. The van der Waals surface area contributed by atoms with Crippen LogP contribution in [-0.4, -0.2) is 35.0 Å². The second kappa shape index (κ2) is 7.74. The van der Waals surface area contributed by atoms with Crippen LogP contribution in [0.3, 0.4) is 0 Å². The molecular weight excluding hydrogens is 332 g/mol. The van der Waals surface area contributed by atoms with Gasteiger partial charge in [-0.3, -0.25) is 4.79 Å². The van der Waals surface area contributed by atoms with Crippen molar-refractivity contribution in [2.45, 2.75) is 19.9 Å². The summed E-state index contributed by atoms with van der Waals surface area (Å²) in [5.74, 6) is -0.632. The monoisotopic (exact) mass is 348 g/mol. The molecule has 2 rings (SSSR count). The number of ether oxygens (including phenoxy) is 1. The molecule has 2 N–H and O–H groups in total. The number of nitrogens with zero attached hydrogens (tertiary/aromatic N) is 2. The van der Waals surface area contributed by atoms with Gasteiger partial charge < -0.3 is 15.4 Å². The Kier molecular flexibility index (Phi) is 5.70. The molecule has 0 spiro atoms. The van der Waals surface area contributed by atoms with Crippen LogP contribution >= 0.6 is 11.6 Å². The Morgan fingerprint density at radius 2 is 2.00 bits per heavy atom. The first kappa shape index (κ1) is 17.7. The minimum atomic E-state index is -0.521. The first-order valence-electron chi connectivity index (χ1n) is 7.19. The van der Waals surface area contributed by atoms with E-state index in [-0.39, 0.29) is 17.3 Å². The van der Waals surface area contributed by atoms with E-state index < -0.39 is 11.9 Å². The number of esters is 1. The van der Waals surface area contributed by atoms with Gasteiger partial charge in [-0.25, -0.2) is 14.8 Å². The maximum absolute atomic E-state index is 12.4. The van der Waals surface area contributed by atoms with Crippen molar-refractivity contribution >= 4 is 35.1 Å². The second-order valence-corrected chi connectivity index (χ2v) is 5.61. The summed E-state index contributed by atoms with van der Waals surface area (Å²) in [4.78, 5) is 32.1. The van der Waals surface area contributed by atoms with E-state index in [1.165, 1.54) is 37.6 Å². The van der Waals surface area contributed by atoms with Crippen molar-refractivity contribution < 1.29 is 14.3 Å². The highest BCUT2D eigenvalue weighted by molar-refractivity contribution is 6.34. The number of aromatic nitrogens is 2. The number of hydrogen-bond donors (Lipinski definition) is 2. The van der Waals surface area contributed by atoms with Gasteiger partial charge in [0.25, 0.3) is 5.91 Å². The first-order chi connectivity index (χ1) is 11.4. The first-order valence-corrected chi connectivity index (χ1v) is 7.57. The molecule has 0 aliphatic rings. The number of anilines is 2. The van der Waals surface area contributed by atoms with Crippen molar-refractivity contribution in [3.05, 3.63) is 46.7 Å². The summed E-state index contributed by atoms with van der Waals surface area (Å²) in [6.45, 7) is 3.88. The maximum atomic E-state index is 12.4. The van der Waals surface area contributed by atoms with Crippen LogP contribution in [0.5, 0.6) is 0 Å². The molecule has 0 atom stereocenters. The fourth-order valence-corrected chi connectivity index (χ4v) is 2.03. The fraction of sp³-hybridized carbons (Fsp3) is 0.250. The summed E-state index contributed by atoms with van der Waals surface area (Å²) in [6.07, 6.45) is 1.49. The third kappa shape index (κ3) is 4.42. The van der Waals surface area contributed by atoms with Crippen molar-refractivity contribution in [3.8, 4) is 0 Å².